The maximum atomic E-state index is 13.5. The Morgan fingerprint density at radius 3 is 2.84 bits per heavy atom. The highest BCUT2D eigenvalue weighted by atomic mass is 19.1. The zero-order valence-electron chi connectivity index (χ0n) is 10.7. The van der Waals surface area contributed by atoms with Gasteiger partial charge in [0, 0.05) is 29.8 Å². The van der Waals surface area contributed by atoms with Gasteiger partial charge in [-0.25, -0.2) is 14.4 Å². The van der Waals surface area contributed by atoms with Crippen LogP contribution in [0.25, 0.3) is 5.78 Å². The summed E-state index contributed by atoms with van der Waals surface area (Å²) in [6.45, 7) is 3.64. The lowest BCUT2D eigenvalue weighted by Crippen LogP contribution is -2.01. The minimum absolute atomic E-state index is 0.224. The zero-order chi connectivity index (χ0) is 13.4. The fourth-order valence-corrected chi connectivity index (χ4v) is 1.94. The second-order valence-electron chi connectivity index (χ2n) is 4.47. The molecule has 2 heterocycles. The number of nitrogens with one attached hydrogen (secondary N) is 1. The van der Waals surface area contributed by atoms with Crippen molar-refractivity contribution in [3.8, 4) is 0 Å². The van der Waals surface area contributed by atoms with Gasteiger partial charge in [-0.05, 0) is 31.5 Å². The van der Waals surface area contributed by atoms with E-state index >= 15 is 0 Å². The van der Waals surface area contributed by atoms with E-state index in [4.69, 9.17) is 0 Å². The van der Waals surface area contributed by atoms with Crippen molar-refractivity contribution in [2.75, 3.05) is 5.32 Å². The number of aryl methyl sites for hydroxylation is 2. The molecule has 0 bridgehead atoms. The first-order chi connectivity index (χ1) is 9.13. The topological polar surface area (TPSA) is 42.2 Å². The molecule has 1 aromatic carbocycles. The Labute approximate surface area is 109 Å². The number of rotatable bonds is 2. The maximum absolute atomic E-state index is 13.5. The Hall–Kier alpha value is -2.43. The monoisotopic (exact) mass is 256 g/mol. The number of nitrogens with zero attached hydrogens (tertiary/aromatic N) is 3. The number of fused-ring (bicyclic) bond motifs is 1. The summed E-state index contributed by atoms with van der Waals surface area (Å²) < 4.78 is 15.4. The fraction of sp³-hybridized carbons (Fsp3) is 0.143. The van der Waals surface area contributed by atoms with Gasteiger partial charge < -0.3 is 5.32 Å². The predicted molar refractivity (Wildman–Crippen MR) is 72.1 cm³/mol. The Morgan fingerprint density at radius 1 is 1.21 bits per heavy atom. The van der Waals surface area contributed by atoms with Crippen molar-refractivity contribution in [1.82, 2.24) is 14.4 Å². The lowest BCUT2D eigenvalue weighted by atomic mass is 10.2. The third-order valence-corrected chi connectivity index (χ3v) is 2.95. The van der Waals surface area contributed by atoms with Crippen LogP contribution in [0.4, 0.5) is 15.9 Å². The molecule has 0 aliphatic heterocycles. The van der Waals surface area contributed by atoms with Crippen LogP contribution in [0, 0.1) is 19.7 Å². The summed E-state index contributed by atoms with van der Waals surface area (Å²) in [5, 5.41) is 3.18. The second-order valence-corrected chi connectivity index (χ2v) is 4.47. The van der Waals surface area contributed by atoms with E-state index in [1.165, 1.54) is 6.07 Å². The molecule has 19 heavy (non-hydrogen) atoms. The van der Waals surface area contributed by atoms with Crippen molar-refractivity contribution in [3.05, 3.63) is 53.7 Å². The molecule has 0 radical (unpaired) electrons. The van der Waals surface area contributed by atoms with E-state index in [0.717, 1.165) is 11.5 Å². The molecule has 1 N–H and O–H groups in total. The van der Waals surface area contributed by atoms with Crippen LogP contribution < -0.4 is 5.32 Å². The van der Waals surface area contributed by atoms with Gasteiger partial charge in [-0.2, -0.15) is 0 Å². The molecule has 0 amide bonds. The van der Waals surface area contributed by atoms with Crippen LogP contribution in [-0.4, -0.2) is 14.4 Å². The summed E-state index contributed by atoms with van der Waals surface area (Å²) in [7, 11) is 0. The first-order valence-corrected chi connectivity index (χ1v) is 5.97. The average Bonchev–Trinajstić information content (AvgIpc) is 2.82. The third kappa shape index (κ3) is 2.14. The predicted octanol–water partition coefficient (Wildman–Crippen LogP) is 3.23. The molecule has 5 heteroatoms. The standard InChI is InChI=1S/C14H13FN4/c1-9-3-4-11(8-12(9)15)18-13-7-10(2)17-14-16-5-6-19(13)14/h3-8,18H,1-2H3. The molecule has 0 saturated carbocycles. The van der Waals surface area contributed by atoms with Gasteiger partial charge in [0.15, 0.2) is 0 Å². The number of hydrogen-bond donors (Lipinski definition) is 1. The highest BCUT2D eigenvalue weighted by Crippen LogP contribution is 2.20. The van der Waals surface area contributed by atoms with Gasteiger partial charge in [-0.3, -0.25) is 4.40 Å². The van der Waals surface area contributed by atoms with Crippen LogP contribution in [0.5, 0.6) is 0 Å². The Kier molecular flexibility index (Phi) is 2.67. The van der Waals surface area contributed by atoms with Crippen LogP contribution in [0.2, 0.25) is 0 Å². The lowest BCUT2D eigenvalue weighted by Gasteiger charge is -2.10. The van der Waals surface area contributed by atoms with E-state index in [1.807, 2.05) is 29.7 Å². The molecule has 0 spiro atoms. The van der Waals surface area contributed by atoms with Gasteiger partial charge in [-0.1, -0.05) is 6.07 Å². The SMILES string of the molecule is Cc1cc(Nc2ccc(C)c(F)c2)n2ccnc2n1. The summed E-state index contributed by atoms with van der Waals surface area (Å²) in [4.78, 5) is 8.46. The van der Waals surface area contributed by atoms with Crippen LogP contribution in [0.1, 0.15) is 11.3 Å². The van der Waals surface area contributed by atoms with Gasteiger partial charge in [-0.15, -0.1) is 0 Å². The van der Waals surface area contributed by atoms with Crippen LogP contribution in [0.3, 0.4) is 0 Å². The largest absolute Gasteiger partial charge is 0.341 e. The number of anilines is 2. The minimum Gasteiger partial charge on any atom is -0.341 e. The number of hydrogen-bond acceptors (Lipinski definition) is 3. The van der Waals surface area contributed by atoms with E-state index in [9.17, 15) is 4.39 Å². The molecule has 0 aliphatic carbocycles. The molecule has 0 saturated heterocycles. The van der Waals surface area contributed by atoms with Crippen molar-refractivity contribution < 1.29 is 4.39 Å². The van der Waals surface area contributed by atoms with E-state index < -0.39 is 0 Å². The van der Waals surface area contributed by atoms with Crippen LogP contribution in [-0.2, 0) is 0 Å². The van der Waals surface area contributed by atoms with E-state index in [1.54, 1.807) is 19.2 Å². The average molecular weight is 256 g/mol. The van der Waals surface area contributed by atoms with Crippen molar-refractivity contribution in [3.63, 3.8) is 0 Å². The molecular formula is C14H13FN4. The Morgan fingerprint density at radius 2 is 2.05 bits per heavy atom. The maximum Gasteiger partial charge on any atom is 0.235 e. The van der Waals surface area contributed by atoms with Gasteiger partial charge >= 0.3 is 0 Å². The Bertz CT molecular complexity index is 748. The lowest BCUT2D eigenvalue weighted by molar-refractivity contribution is 0.619. The van der Waals surface area contributed by atoms with Crippen LogP contribution >= 0.6 is 0 Å². The second kappa shape index (κ2) is 4.35. The molecule has 3 rings (SSSR count). The quantitative estimate of drug-likeness (QED) is 0.765. The number of halogens is 1. The summed E-state index contributed by atoms with van der Waals surface area (Å²) >= 11 is 0. The molecular weight excluding hydrogens is 243 g/mol. The van der Waals surface area contributed by atoms with Gasteiger partial charge in [0.25, 0.3) is 0 Å². The third-order valence-electron chi connectivity index (χ3n) is 2.95. The van der Waals surface area contributed by atoms with Crippen molar-refractivity contribution in [1.29, 1.82) is 0 Å². The van der Waals surface area contributed by atoms with Gasteiger partial charge in [0.2, 0.25) is 5.78 Å². The summed E-state index contributed by atoms with van der Waals surface area (Å²) in [5.74, 6) is 1.20. The smallest absolute Gasteiger partial charge is 0.235 e. The van der Waals surface area contributed by atoms with Gasteiger partial charge in [0.1, 0.15) is 11.6 Å². The van der Waals surface area contributed by atoms with Crippen molar-refractivity contribution >= 4 is 17.3 Å². The zero-order valence-corrected chi connectivity index (χ0v) is 10.7. The van der Waals surface area contributed by atoms with E-state index in [-0.39, 0.29) is 5.82 Å². The summed E-state index contributed by atoms with van der Waals surface area (Å²) in [6.07, 6.45) is 3.50. The number of aromatic nitrogens is 3. The summed E-state index contributed by atoms with van der Waals surface area (Å²) in [5.41, 5.74) is 2.18. The number of imidazole rings is 1. The molecule has 3 aromatic rings. The number of benzene rings is 1. The van der Waals surface area contributed by atoms with E-state index in [0.29, 0.717) is 17.0 Å². The van der Waals surface area contributed by atoms with Gasteiger partial charge in [0.05, 0.1) is 0 Å². The molecule has 4 nitrogen and oxygen atoms in total. The van der Waals surface area contributed by atoms with Crippen LogP contribution in [0.15, 0.2) is 36.7 Å². The fourth-order valence-electron chi connectivity index (χ4n) is 1.94. The minimum atomic E-state index is -0.224. The highest BCUT2D eigenvalue weighted by molar-refractivity contribution is 5.59. The molecule has 0 fully saturated rings. The van der Waals surface area contributed by atoms with Crippen molar-refractivity contribution in [2.24, 2.45) is 0 Å². The van der Waals surface area contributed by atoms with E-state index in [2.05, 4.69) is 15.3 Å². The molecule has 0 aliphatic rings. The Balaban J connectivity index is 2.04. The summed E-state index contributed by atoms with van der Waals surface area (Å²) in [6, 6.07) is 6.97. The first kappa shape index (κ1) is 11.6. The molecule has 0 unspecified atom stereocenters. The molecule has 0 atom stereocenters. The first-order valence-electron chi connectivity index (χ1n) is 5.97. The normalized spacial score (nSPS) is 10.9. The molecule has 2 aromatic heterocycles. The molecule has 96 valence electrons. The van der Waals surface area contributed by atoms with Crippen molar-refractivity contribution in [2.45, 2.75) is 13.8 Å². The highest BCUT2D eigenvalue weighted by Gasteiger charge is 2.05.